The van der Waals surface area contributed by atoms with E-state index in [1.54, 1.807) is 0 Å². The molecule has 2 atom stereocenters. The SMILES string of the molecule is CN1CCOC(CNCC2CCC(C)(C)O2)C1. The summed E-state index contributed by atoms with van der Waals surface area (Å²) in [6.45, 7) is 9.17. The topological polar surface area (TPSA) is 33.7 Å². The van der Waals surface area contributed by atoms with Crippen molar-refractivity contribution in [2.45, 2.75) is 44.5 Å². The molecule has 100 valence electrons. The fraction of sp³-hybridized carbons (Fsp3) is 1.00. The first kappa shape index (κ1) is 13.3. The zero-order chi connectivity index (χ0) is 12.3. The minimum atomic E-state index is 0.0773. The second kappa shape index (κ2) is 5.65. The summed E-state index contributed by atoms with van der Waals surface area (Å²) in [6, 6.07) is 0. The van der Waals surface area contributed by atoms with Crippen molar-refractivity contribution in [2.24, 2.45) is 0 Å². The summed E-state index contributed by atoms with van der Waals surface area (Å²) < 4.78 is 11.7. The fourth-order valence-electron chi connectivity index (χ4n) is 2.62. The van der Waals surface area contributed by atoms with E-state index in [2.05, 4.69) is 31.1 Å². The van der Waals surface area contributed by atoms with Crippen LogP contribution >= 0.6 is 0 Å². The maximum absolute atomic E-state index is 5.95. The Morgan fingerprint density at radius 2 is 2.06 bits per heavy atom. The van der Waals surface area contributed by atoms with Crippen LogP contribution in [-0.2, 0) is 9.47 Å². The fourth-order valence-corrected chi connectivity index (χ4v) is 2.62. The average Bonchev–Trinajstić information content (AvgIpc) is 2.58. The first-order chi connectivity index (χ1) is 8.05. The lowest BCUT2D eigenvalue weighted by atomic mass is 10.1. The van der Waals surface area contributed by atoms with Gasteiger partial charge in [0.25, 0.3) is 0 Å². The average molecular weight is 242 g/mol. The van der Waals surface area contributed by atoms with Crippen molar-refractivity contribution >= 4 is 0 Å². The van der Waals surface area contributed by atoms with Gasteiger partial charge in [-0.05, 0) is 33.7 Å². The molecule has 0 aromatic carbocycles. The molecular weight excluding hydrogens is 216 g/mol. The summed E-state index contributed by atoms with van der Waals surface area (Å²) >= 11 is 0. The zero-order valence-corrected chi connectivity index (χ0v) is 11.4. The molecule has 2 unspecified atom stereocenters. The van der Waals surface area contributed by atoms with Crippen LogP contribution in [0.25, 0.3) is 0 Å². The van der Waals surface area contributed by atoms with Gasteiger partial charge in [0.2, 0.25) is 0 Å². The smallest absolute Gasteiger partial charge is 0.0826 e. The van der Waals surface area contributed by atoms with E-state index in [1.165, 1.54) is 12.8 Å². The van der Waals surface area contributed by atoms with Gasteiger partial charge in [-0.25, -0.2) is 0 Å². The highest BCUT2D eigenvalue weighted by atomic mass is 16.5. The van der Waals surface area contributed by atoms with Crippen LogP contribution in [0.4, 0.5) is 0 Å². The molecule has 0 aliphatic carbocycles. The normalized spacial score (nSPS) is 34.1. The van der Waals surface area contributed by atoms with E-state index < -0.39 is 0 Å². The predicted octanol–water partition coefficient (Wildman–Crippen LogP) is 0.864. The van der Waals surface area contributed by atoms with Crippen molar-refractivity contribution in [2.75, 3.05) is 39.8 Å². The lowest BCUT2D eigenvalue weighted by Crippen LogP contribution is -2.45. The molecule has 4 heteroatoms. The van der Waals surface area contributed by atoms with Gasteiger partial charge < -0.3 is 19.7 Å². The molecule has 2 fully saturated rings. The molecule has 4 nitrogen and oxygen atoms in total. The van der Waals surface area contributed by atoms with Gasteiger partial charge in [-0.15, -0.1) is 0 Å². The maximum Gasteiger partial charge on any atom is 0.0826 e. The quantitative estimate of drug-likeness (QED) is 0.793. The molecule has 0 aromatic rings. The molecule has 17 heavy (non-hydrogen) atoms. The van der Waals surface area contributed by atoms with Crippen LogP contribution in [0.3, 0.4) is 0 Å². The molecule has 0 spiro atoms. The third kappa shape index (κ3) is 4.21. The number of hydrogen-bond donors (Lipinski definition) is 1. The number of ether oxygens (including phenoxy) is 2. The first-order valence-corrected chi connectivity index (χ1v) is 6.74. The summed E-state index contributed by atoms with van der Waals surface area (Å²) in [5.41, 5.74) is 0.0773. The van der Waals surface area contributed by atoms with Crippen LogP contribution < -0.4 is 5.32 Å². The molecular formula is C13H26N2O2. The Morgan fingerprint density at radius 1 is 1.29 bits per heavy atom. The Morgan fingerprint density at radius 3 is 2.71 bits per heavy atom. The van der Waals surface area contributed by atoms with Crippen LogP contribution in [0.15, 0.2) is 0 Å². The van der Waals surface area contributed by atoms with E-state index in [9.17, 15) is 0 Å². The highest BCUT2D eigenvalue weighted by Crippen LogP contribution is 2.28. The standard InChI is InChI=1S/C13H26N2O2/c1-13(2)5-4-11(17-13)8-14-9-12-10-15(3)6-7-16-12/h11-12,14H,4-10H2,1-3H3. The summed E-state index contributed by atoms with van der Waals surface area (Å²) in [5, 5.41) is 3.48. The van der Waals surface area contributed by atoms with Crippen LogP contribution in [0.2, 0.25) is 0 Å². The third-order valence-corrected chi connectivity index (χ3v) is 3.64. The van der Waals surface area contributed by atoms with Crippen molar-refractivity contribution in [3.8, 4) is 0 Å². The van der Waals surface area contributed by atoms with E-state index in [0.717, 1.165) is 32.8 Å². The molecule has 1 N–H and O–H groups in total. The van der Waals surface area contributed by atoms with Crippen LogP contribution in [0.1, 0.15) is 26.7 Å². The van der Waals surface area contributed by atoms with Gasteiger partial charge in [0, 0.05) is 26.2 Å². The second-order valence-electron chi connectivity index (χ2n) is 5.95. The van der Waals surface area contributed by atoms with Gasteiger partial charge in [0.05, 0.1) is 24.4 Å². The molecule has 2 saturated heterocycles. The number of nitrogens with one attached hydrogen (secondary N) is 1. The van der Waals surface area contributed by atoms with Crippen molar-refractivity contribution in [1.82, 2.24) is 10.2 Å². The number of morpholine rings is 1. The third-order valence-electron chi connectivity index (χ3n) is 3.64. The minimum Gasteiger partial charge on any atom is -0.374 e. The Kier molecular flexibility index (Phi) is 4.42. The van der Waals surface area contributed by atoms with Crippen LogP contribution in [0.5, 0.6) is 0 Å². The molecule has 0 amide bonds. The van der Waals surface area contributed by atoms with Crippen LogP contribution in [-0.4, -0.2) is 62.5 Å². The Bertz CT molecular complexity index is 244. The first-order valence-electron chi connectivity index (χ1n) is 6.74. The molecule has 0 radical (unpaired) electrons. The van der Waals surface area contributed by atoms with Crippen molar-refractivity contribution in [3.63, 3.8) is 0 Å². The van der Waals surface area contributed by atoms with Gasteiger partial charge in [0.15, 0.2) is 0 Å². The molecule has 2 heterocycles. The maximum atomic E-state index is 5.95. The van der Waals surface area contributed by atoms with Gasteiger partial charge in [-0.3, -0.25) is 0 Å². The highest BCUT2D eigenvalue weighted by Gasteiger charge is 2.31. The highest BCUT2D eigenvalue weighted by molar-refractivity contribution is 4.82. The molecule has 0 bridgehead atoms. The lowest BCUT2D eigenvalue weighted by Gasteiger charge is -2.30. The Labute approximate surface area is 105 Å². The Balaban J connectivity index is 1.60. The molecule has 0 aromatic heterocycles. The monoisotopic (exact) mass is 242 g/mol. The van der Waals surface area contributed by atoms with Gasteiger partial charge >= 0.3 is 0 Å². The number of nitrogens with zero attached hydrogens (tertiary/aromatic N) is 1. The summed E-state index contributed by atoms with van der Waals surface area (Å²) in [7, 11) is 2.15. The summed E-state index contributed by atoms with van der Waals surface area (Å²) in [4.78, 5) is 2.32. The number of hydrogen-bond acceptors (Lipinski definition) is 4. The van der Waals surface area contributed by atoms with Crippen molar-refractivity contribution < 1.29 is 9.47 Å². The number of rotatable bonds is 4. The summed E-state index contributed by atoms with van der Waals surface area (Å²) in [5.74, 6) is 0. The van der Waals surface area contributed by atoms with Gasteiger partial charge in [-0.2, -0.15) is 0 Å². The van der Waals surface area contributed by atoms with E-state index in [1.807, 2.05) is 0 Å². The second-order valence-corrected chi connectivity index (χ2v) is 5.95. The summed E-state index contributed by atoms with van der Waals surface area (Å²) in [6.07, 6.45) is 3.06. The predicted molar refractivity (Wildman–Crippen MR) is 68.3 cm³/mol. The largest absolute Gasteiger partial charge is 0.374 e. The number of likely N-dealkylation sites (N-methyl/N-ethyl adjacent to an activating group) is 1. The van der Waals surface area contributed by atoms with Gasteiger partial charge in [-0.1, -0.05) is 0 Å². The zero-order valence-electron chi connectivity index (χ0n) is 11.4. The molecule has 2 rings (SSSR count). The Hall–Kier alpha value is -0.160. The molecule has 2 aliphatic heterocycles. The molecule has 2 aliphatic rings. The van der Waals surface area contributed by atoms with E-state index in [4.69, 9.17) is 9.47 Å². The minimum absolute atomic E-state index is 0.0773. The van der Waals surface area contributed by atoms with E-state index in [0.29, 0.717) is 12.2 Å². The van der Waals surface area contributed by atoms with Crippen LogP contribution in [0, 0.1) is 0 Å². The lowest BCUT2D eigenvalue weighted by molar-refractivity contribution is -0.0282. The molecule has 0 saturated carbocycles. The van der Waals surface area contributed by atoms with Gasteiger partial charge in [0.1, 0.15) is 0 Å². The van der Waals surface area contributed by atoms with E-state index in [-0.39, 0.29) is 5.60 Å². The van der Waals surface area contributed by atoms with E-state index >= 15 is 0 Å². The van der Waals surface area contributed by atoms with Crippen molar-refractivity contribution in [1.29, 1.82) is 0 Å². The van der Waals surface area contributed by atoms with Crippen molar-refractivity contribution in [3.05, 3.63) is 0 Å².